The lowest BCUT2D eigenvalue weighted by Crippen LogP contribution is -2.19. The number of methoxy groups -OCH3 is 1. The minimum absolute atomic E-state index is 0.125. The standard InChI is InChI=1S/C23H20N4O4/c1-30-19-8-4-6-16(12-19)25-23(29)26-17-7-5-9-20(13-17)31-15-18-14-22(28)27-11-3-2-10-21(27)24-18/h2-14H,15H2,1H3,(H2,25,26,29). The van der Waals surface area contributed by atoms with E-state index in [2.05, 4.69) is 15.6 Å². The Balaban J connectivity index is 1.40. The Morgan fingerprint density at radius 3 is 2.39 bits per heavy atom. The molecule has 31 heavy (non-hydrogen) atoms. The Labute approximate surface area is 178 Å². The molecule has 0 fully saturated rings. The summed E-state index contributed by atoms with van der Waals surface area (Å²) in [5, 5.41) is 5.51. The van der Waals surface area contributed by atoms with Crippen LogP contribution in [0.3, 0.4) is 0 Å². The van der Waals surface area contributed by atoms with E-state index in [0.29, 0.717) is 34.2 Å². The zero-order valence-corrected chi connectivity index (χ0v) is 16.7. The number of urea groups is 1. The molecule has 0 radical (unpaired) electrons. The van der Waals surface area contributed by atoms with Crippen LogP contribution in [0.2, 0.25) is 0 Å². The summed E-state index contributed by atoms with van der Waals surface area (Å²) in [7, 11) is 1.56. The molecule has 156 valence electrons. The Kier molecular flexibility index (Phi) is 5.79. The predicted octanol–water partition coefficient (Wildman–Crippen LogP) is 3.93. The first-order valence-corrected chi connectivity index (χ1v) is 9.53. The fourth-order valence-corrected chi connectivity index (χ4v) is 2.99. The molecule has 0 aliphatic carbocycles. The number of carbonyl (C=O) groups excluding carboxylic acids is 1. The lowest BCUT2D eigenvalue weighted by atomic mass is 10.3. The van der Waals surface area contributed by atoms with E-state index in [1.807, 2.05) is 6.07 Å². The van der Waals surface area contributed by atoms with Crippen LogP contribution in [0.15, 0.2) is 83.8 Å². The third-order valence-corrected chi connectivity index (χ3v) is 4.43. The van der Waals surface area contributed by atoms with Crippen molar-refractivity contribution in [3.63, 3.8) is 0 Å². The second kappa shape index (κ2) is 9.00. The van der Waals surface area contributed by atoms with Gasteiger partial charge in [0.2, 0.25) is 0 Å². The smallest absolute Gasteiger partial charge is 0.323 e. The molecule has 0 aliphatic heterocycles. The summed E-state index contributed by atoms with van der Waals surface area (Å²) in [5.41, 5.74) is 2.07. The van der Waals surface area contributed by atoms with Crippen molar-refractivity contribution in [2.75, 3.05) is 17.7 Å². The van der Waals surface area contributed by atoms with Crippen molar-refractivity contribution in [3.8, 4) is 11.5 Å². The van der Waals surface area contributed by atoms with E-state index >= 15 is 0 Å². The second-order valence-electron chi connectivity index (χ2n) is 6.64. The highest BCUT2D eigenvalue weighted by atomic mass is 16.5. The van der Waals surface area contributed by atoms with E-state index in [9.17, 15) is 9.59 Å². The number of carbonyl (C=O) groups is 1. The largest absolute Gasteiger partial charge is 0.497 e. The summed E-state index contributed by atoms with van der Waals surface area (Å²) in [5.74, 6) is 1.18. The number of hydrogen-bond donors (Lipinski definition) is 2. The molecule has 0 spiro atoms. The number of pyridine rings is 1. The third-order valence-electron chi connectivity index (χ3n) is 4.43. The van der Waals surface area contributed by atoms with Gasteiger partial charge in [-0.1, -0.05) is 18.2 Å². The van der Waals surface area contributed by atoms with Gasteiger partial charge in [-0.2, -0.15) is 0 Å². The van der Waals surface area contributed by atoms with Gasteiger partial charge in [-0.05, 0) is 36.4 Å². The molecule has 0 aliphatic rings. The van der Waals surface area contributed by atoms with Gasteiger partial charge in [0.05, 0.1) is 12.8 Å². The number of hydrogen-bond acceptors (Lipinski definition) is 5. The lowest BCUT2D eigenvalue weighted by Gasteiger charge is -2.11. The summed E-state index contributed by atoms with van der Waals surface area (Å²) in [6.07, 6.45) is 1.67. The van der Waals surface area contributed by atoms with Gasteiger partial charge in [-0.15, -0.1) is 0 Å². The van der Waals surface area contributed by atoms with Crippen LogP contribution in [0.5, 0.6) is 11.5 Å². The number of nitrogens with one attached hydrogen (secondary N) is 2. The first-order valence-electron chi connectivity index (χ1n) is 9.53. The fourth-order valence-electron chi connectivity index (χ4n) is 2.99. The minimum atomic E-state index is -0.394. The van der Waals surface area contributed by atoms with Gasteiger partial charge < -0.3 is 20.1 Å². The van der Waals surface area contributed by atoms with Crippen LogP contribution in [-0.2, 0) is 6.61 Å². The highest BCUT2D eigenvalue weighted by molar-refractivity contribution is 5.99. The molecule has 0 unspecified atom stereocenters. The zero-order chi connectivity index (χ0) is 21.6. The van der Waals surface area contributed by atoms with Gasteiger partial charge in [0, 0.05) is 35.8 Å². The van der Waals surface area contributed by atoms with E-state index in [4.69, 9.17) is 9.47 Å². The Hall–Kier alpha value is -4.33. The van der Waals surface area contributed by atoms with Crippen molar-refractivity contribution >= 4 is 23.1 Å². The molecule has 2 aromatic carbocycles. The molecule has 8 nitrogen and oxygen atoms in total. The number of fused-ring (bicyclic) bond motifs is 1. The Morgan fingerprint density at radius 1 is 0.935 bits per heavy atom. The van der Waals surface area contributed by atoms with E-state index in [0.717, 1.165) is 0 Å². The molecular formula is C23H20N4O4. The fraction of sp³-hybridized carbons (Fsp3) is 0.0870. The highest BCUT2D eigenvalue weighted by Crippen LogP contribution is 2.20. The molecule has 0 atom stereocenters. The first kappa shape index (κ1) is 20.0. The van der Waals surface area contributed by atoms with E-state index < -0.39 is 6.03 Å². The molecule has 4 rings (SSSR count). The molecule has 4 aromatic rings. The average molecular weight is 416 g/mol. The number of benzene rings is 2. The summed E-state index contributed by atoms with van der Waals surface area (Å²) in [6.45, 7) is 0.125. The van der Waals surface area contributed by atoms with Crippen LogP contribution in [-0.4, -0.2) is 22.5 Å². The van der Waals surface area contributed by atoms with Crippen LogP contribution in [0, 0.1) is 0 Å². The monoisotopic (exact) mass is 416 g/mol. The van der Waals surface area contributed by atoms with E-state index in [-0.39, 0.29) is 12.2 Å². The summed E-state index contributed by atoms with van der Waals surface area (Å²) < 4.78 is 12.4. The molecular weight excluding hydrogens is 396 g/mol. The number of rotatable bonds is 6. The SMILES string of the molecule is COc1cccc(NC(=O)Nc2cccc(OCc3cc(=O)n4ccccc4n3)c2)c1. The molecule has 0 saturated heterocycles. The highest BCUT2D eigenvalue weighted by Gasteiger charge is 2.06. The van der Waals surface area contributed by atoms with Crippen molar-refractivity contribution in [2.24, 2.45) is 0 Å². The summed E-state index contributed by atoms with van der Waals surface area (Å²) in [4.78, 5) is 28.9. The van der Waals surface area contributed by atoms with Crippen molar-refractivity contribution in [3.05, 3.63) is 95.0 Å². The molecule has 0 bridgehead atoms. The maximum atomic E-state index is 12.3. The van der Waals surface area contributed by atoms with Crippen LogP contribution < -0.4 is 25.7 Å². The minimum Gasteiger partial charge on any atom is -0.497 e. The number of amides is 2. The lowest BCUT2D eigenvalue weighted by molar-refractivity contribution is 0.262. The van der Waals surface area contributed by atoms with Gasteiger partial charge in [0.25, 0.3) is 5.56 Å². The van der Waals surface area contributed by atoms with Gasteiger partial charge in [-0.3, -0.25) is 9.20 Å². The molecule has 2 heterocycles. The van der Waals surface area contributed by atoms with Gasteiger partial charge in [-0.25, -0.2) is 9.78 Å². The Bertz CT molecular complexity index is 1290. The van der Waals surface area contributed by atoms with E-state index in [1.54, 1.807) is 74.0 Å². The van der Waals surface area contributed by atoms with Crippen LogP contribution in [0.25, 0.3) is 5.65 Å². The molecule has 0 saturated carbocycles. The van der Waals surface area contributed by atoms with Crippen LogP contribution >= 0.6 is 0 Å². The van der Waals surface area contributed by atoms with Gasteiger partial charge >= 0.3 is 6.03 Å². The number of nitrogens with zero attached hydrogens (tertiary/aromatic N) is 2. The quantitative estimate of drug-likeness (QED) is 0.497. The van der Waals surface area contributed by atoms with Crippen molar-refractivity contribution in [2.45, 2.75) is 6.61 Å². The Morgan fingerprint density at radius 2 is 1.65 bits per heavy atom. The van der Waals surface area contributed by atoms with Crippen molar-refractivity contribution in [1.82, 2.24) is 9.38 Å². The molecule has 2 aromatic heterocycles. The number of anilines is 2. The maximum absolute atomic E-state index is 12.3. The summed E-state index contributed by atoms with van der Waals surface area (Å²) >= 11 is 0. The normalized spacial score (nSPS) is 10.5. The molecule has 8 heteroatoms. The van der Waals surface area contributed by atoms with Crippen LogP contribution in [0.4, 0.5) is 16.2 Å². The first-order chi connectivity index (χ1) is 15.1. The summed E-state index contributed by atoms with van der Waals surface area (Å²) in [6, 6.07) is 20.4. The van der Waals surface area contributed by atoms with Gasteiger partial charge in [0.1, 0.15) is 23.8 Å². The molecule has 2 N–H and O–H groups in total. The van der Waals surface area contributed by atoms with Crippen molar-refractivity contribution < 1.29 is 14.3 Å². The predicted molar refractivity (Wildman–Crippen MR) is 118 cm³/mol. The second-order valence-corrected chi connectivity index (χ2v) is 6.64. The average Bonchev–Trinajstić information content (AvgIpc) is 2.78. The van der Waals surface area contributed by atoms with Gasteiger partial charge in [0.15, 0.2) is 0 Å². The van der Waals surface area contributed by atoms with E-state index in [1.165, 1.54) is 10.5 Å². The number of ether oxygens (including phenoxy) is 2. The van der Waals surface area contributed by atoms with Crippen molar-refractivity contribution in [1.29, 1.82) is 0 Å². The zero-order valence-electron chi connectivity index (χ0n) is 16.7. The maximum Gasteiger partial charge on any atom is 0.323 e. The van der Waals surface area contributed by atoms with Crippen LogP contribution in [0.1, 0.15) is 5.69 Å². The number of aromatic nitrogens is 2. The molecule has 2 amide bonds. The topological polar surface area (TPSA) is 94.0 Å². The third kappa shape index (κ3) is 4.99.